The molecule has 2 aromatic rings. The van der Waals surface area contributed by atoms with Gasteiger partial charge in [-0.25, -0.2) is 4.98 Å². The molecule has 0 aromatic carbocycles. The summed E-state index contributed by atoms with van der Waals surface area (Å²) in [4.78, 5) is 7.94. The number of aryl methyl sites for hydroxylation is 1. The van der Waals surface area contributed by atoms with Gasteiger partial charge in [0.1, 0.15) is 5.82 Å². The number of hydrogen-bond donors (Lipinski definition) is 2. The van der Waals surface area contributed by atoms with Crippen LogP contribution in [-0.2, 0) is 6.18 Å². The molecule has 1 aliphatic carbocycles. The summed E-state index contributed by atoms with van der Waals surface area (Å²) in [5.74, 6) is 1.34. The summed E-state index contributed by atoms with van der Waals surface area (Å²) < 4.78 is 42.6. The zero-order chi connectivity index (χ0) is 17.3. The van der Waals surface area contributed by atoms with E-state index in [4.69, 9.17) is 4.52 Å². The van der Waals surface area contributed by atoms with Gasteiger partial charge < -0.3 is 14.9 Å². The predicted octanol–water partition coefficient (Wildman–Crippen LogP) is 2.76. The molecule has 1 aliphatic rings. The fourth-order valence-electron chi connectivity index (χ4n) is 2.90. The van der Waals surface area contributed by atoms with Crippen molar-refractivity contribution in [2.75, 3.05) is 11.9 Å². The summed E-state index contributed by atoms with van der Waals surface area (Å²) in [6.45, 7) is 2.14. The lowest BCUT2D eigenvalue weighted by atomic mass is 10.0. The normalized spacial score (nSPS) is 24.3. The van der Waals surface area contributed by atoms with Crippen molar-refractivity contribution >= 4 is 5.82 Å². The minimum absolute atomic E-state index is 0.00596. The highest BCUT2D eigenvalue weighted by Gasteiger charge is 2.36. The molecule has 2 heterocycles. The molecule has 2 N–H and O–H groups in total. The molecule has 6 nitrogen and oxygen atoms in total. The summed E-state index contributed by atoms with van der Waals surface area (Å²) in [6.07, 6.45) is -2.96. The Bertz CT molecular complexity index is 687. The van der Waals surface area contributed by atoms with Crippen molar-refractivity contribution < 1.29 is 22.8 Å². The molecule has 0 spiro atoms. The first-order chi connectivity index (χ1) is 11.3. The number of nitrogens with one attached hydrogen (secondary N) is 1. The highest BCUT2D eigenvalue weighted by Crippen LogP contribution is 2.38. The fraction of sp³-hybridized carbons (Fsp3) is 0.533. The number of aromatic nitrogens is 3. The summed E-state index contributed by atoms with van der Waals surface area (Å²) >= 11 is 0. The zero-order valence-corrected chi connectivity index (χ0v) is 12.9. The maximum Gasteiger partial charge on any atom is 0.417 e. The van der Waals surface area contributed by atoms with Crippen LogP contribution in [0.5, 0.6) is 0 Å². The minimum Gasteiger partial charge on any atom is -0.393 e. The van der Waals surface area contributed by atoms with Crippen LogP contribution >= 0.6 is 0 Å². The van der Waals surface area contributed by atoms with E-state index in [1.165, 1.54) is 6.07 Å². The minimum atomic E-state index is -4.40. The molecule has 1 fully saturated rings. The summed E-state index contributed by atoms with van der Waals surface area (Å²) in [5.41, 5.74) is -0.791. The Balaban J connectivity index is 1.57. The highest BCUT2D eigenvalue weighted by atomic mass is 19.4. The van der Waals surface area contributed by atoms with E-state index < -0.39 is 17.8 Å². The predicted molar refractivity (Wildman–Crippen MR) is 78.2 cm³/mol. The summed E-state index contributed by atoms with van der Waals surface area (Å²) in [6, 6.07) is 2.26. The molecule has 3 atom stereocenters. The standard InChI is InChI=1S/C15H17F3N4O2/c1-8-21-14(24-22-8)9-4-10(12(23)5-9)6-19-13-3-2-11(7-20-13)15(16,17)18/h2-3,7,9-10,12,23H,4-6H2,1H3,(H,19,20)/t9-,10+,12+/m0/s1. The van der Waals surface area contributed by atoms with Crippen LogP contribution in [0, 0.1) is 12.8 Å². The monoisotopic (exact) mass is 342 g/mol. The molecule has 24 heavy (non-hydrogen) atoms. The van der Waals surface area contributed by atoms with Crippen LogP contribution in [0.1, 0.15) is 36.0 Å². The van der Waals surface area contributed by atoms with E-state index in [2.05, 4.69) is 20.4 Å². The van der Waals surface area contributed by atoms with E-state index in [1.807, 2.05) is 0 Å². The molecular formula is C15H17F3N4O2. The van der Waals surface area contributed by atoms with Crippen LogP contribution in [0.15, 0.2) is 22.9 Å². The van der Waals surface area contributed by atoms with Crippen molar-refractivity contribution in [3.8, 4) is 0 Å². The van der Waals surface area contributed by atoms with E-state index in [1.54, 1.807) is 6.92 Å². The lowest BCUT2D eigenvalue weighted by molar-refractivity contribution is -0.137. The molecule has 3 rings (SSSR count). The lowest BCUT2D eigenvalue weighted by Gasteiger charge is -2.15. The van der Waals surface area contributed by atoms with Crippen LogP contribution < -0.4 is 5.32 Å². The van der Waals surface area contributed by atoms with Crippen molar-refractivity contribution in [3.05, 3.63) is 35.6 Å². The summed E-state index contributed by atoms with van der Waals surface area (Å²) in [5, 5.41) is 16.9. The molecule has 1 saturated carbocycles. The Morgan fingerprint density at radius 2 is 2.12 bits per heavy atom. The number of anilines is 1. The van der Waals surface area contributed by atoms with Gasteiger partial charge in [-0.1, -0.05) is 5.16 Å². The van der Waals surface area contributed by atoms with Crippen LogP contribution in [-0.4, -0.2) is 32.9 Å². The maximum absolute atomic E-state index is 12.5. The van der Waals surface area contributed by atoms with Gasteiger partial charge in [0.25, 0.3) is 0 Å². The zero-order valence-electron chi connectivity index (χ0n) is 12.9. The summed E-state index contributed by atoms with van der Waals surface area (Å²) in [7, 11) is 0. The number of hydrogen-bond acceptors (Lipinski definition) is 6. The average Bonchev–Trinajstić information content (AvgIpc) is 3.11. The van der Waals surface area contributed by atoms with Gasteiger partial charge in [0.15, 0.2) is 5.82 Å². The molecule has 0 amide bonds. The Morgan fingerprint density at radius 3 is 2.71 bits per heavy atom. The second kappa shape index (κ2) is 6.39. The van der Waals surface area contributed by atoms with Crippen molar-refractivity contribution in [1.29, 1.82) is 0 Å². The van der Waals surface area contributed by atoms with Gasteiger partial charge in [0.2, 0.25) is 5.89 Å². The van der Waals surface area contributed by atoms with Crippen molar-refractivity contribution in [3.63, 3.8) is 0 Å². The van der Waals surface area contributed by atoms with Gasteiger partial charge in [-0.2, -0.15) is 18.2 Å². The van der Waals surface area contributed by atoms with Crippen LogP contribution in [0.4, 0.5) is 19.0 Å². The van der Waals surface area contributed by atoms with Crippen LogP contribution in [0.25, 0.3) is 0 Å². The third kappa shape index (κ3) is 3.66. The van der Waals surface area contributed by atoms with E-state index in [0.29, 0.717) is 36.9 Å². The molecule has 2 aromatic heterocycles. The Labute approximate surface area is 136 Å². The molecular weight excluding hydrogens is 325 g/mol. The quantitative estimate of drug-likeness (QED) is 0.889. The Hall–Kier alpha value is -2.16. The van der Waals surface area contributed by atoms with Crippen LogP contribution in [0.2, 0.25) is 0 Å². The molecule has 130 valence electrons. The smallest absolute Gasteiger partial charge is 0.393 e. The van der Waals surface area contributed by atoms with E-state index in [-0.39, 0.29) is 11.8 Å². The Kier molecular flexibility index (Phi) is 4.44. The molecule has 0 radical (unpaired) electrons. The number of aliphatic hydroxyl groups excluding tert-OH is 1. The van der Waals surface area contributed by atoms with E-state index >= 15 is 0 Å². The number of nitrogens with zero attached hydrogens (tertiary/aromatic N) is 3. The van der Waals surface area contributed by atoms with Gasteiger partial charge >= 0.3 is 6.18 Å². The maximum atomic E-state index is 12.5. The number of pyridine rings is 1. The van der Waals surface area contributed by atoms with Crippen molar-refractivity contribution in [2.24, 2.45) is 5.92 Å². The molecule has 0 saturated heterocycles. The second-order valence-electron chi connectivity index (χ2n) is 5.99. The SMILES string of the molecule is Cc1noc([C@H]2C[C@H](CNc3ccc(C(F)(F)F)cn3)[C@H](O)C2)n1. The molecule has 9 heteroatoms. The number of aliphatic hydroxyl groups is 1. The number of rotatable bonds is 4. The van der Waals surface area contributed by atoms with Gasteiger partial charge in [0.05, 0.1) is 11.7 Å². The van der Waals surface area contributed by atoms with E-state index in [0.717, 1.165) is 12.3 Å². The van der Waals surface area contributed by atoms with Gasteiger partial charge in [0, 0.05) is 24.6 Å². The van der Waals surface area contributed by atoms with E-state index in [9.17, 15) is 18.3 Å². The third-order valence-electron chi connectivity index (χ3n) is 4.19. The van der Waals surface area contributed by atoms with Crippen LogP contribution in [0.3, 0.4) is 0 Å². The molecule has 0 unspecified atom stereocenters. The second-order valence-corrected chi connectivity index (χ2v) is 5.99. The molecule has 0 bridgehead atoms. The fourth-order valence-corrected chi connectivity index (χ4v) is 2.90. The lowest BCUT2D eigenvalue weighted by Crippen LogP contribution is -2.22. The first-order valence-electron chi connectivity index (χ1n) is 7.58. The van der Waals surface area contributed by atoms with Crippen molar-refractivity contribution in [2.45, 2.75) is 38.0 Å². The molecule has 0 aliphatic heterocycles. The van der Waals surface area contributed by atoms with Crippen molar-refractivity contribution in [1.82, 2.24) is 15.1 Å². The van der Waals surface area contributed by atoms with Gasteiger partial charge in [-0.05, 0) is 31.9 Å². The number of halogens is 3. The van der Waals surface area contributed by atoms with Gasteiger partial charge in [-0.3, -0.25) is 0 Å². The first kappa shape index (κ1) is 16.7. The first-order valence-corrected chi connectivity index (χ1v) is 7.58. The van der Waals surface area contributed by atoms with Gasteiger partial charge in [-0.15, -0.1) is 0 Å². The number of alkyl halides is 3. The Morgan fingerprint density at radius 1 is 1.33 bits per heavy atom. The topological polar surface area (TPSA) is 84.1 Å². The third-order valence-corrected chi connectivity index (χ3v) is 4.19. The average molecular weight is 342 g/mol. The highest BCUT2D eigenvalue weighted by molar-refractivity contribution is 5.36. The largest absolute Gasteiger partial charge is 0.417 e.